The van der Waals surface area contributed by atoms with Gasteiger partial charge in [0.05, 0.1) is 16.6 Å². The van der Waals surface area contributed by atoms with E-state index in [2.05, 4.69) is 10.3 Å². The van der Waals surface area contributed by atoms with Crippen LogP contribution in [0.1, 0.15) is 5.56 Å². The third-order valence-electron chi connectivity index (χ3n) is 2.74. The first-order valence-corrected chi connectivity index (χ1v) is 5.65. The number of nitrogens with zero attached hydrogens (tertiary/aromatic N) is 2. The summed E-state index contributed by atoms with van der Waals surface area (Å²) >= 11 is 0. The van der Waals surface area contributed by atoms with Crippen molar-refractivity contribution in [2.75, 3.05) is 12.3 Å². The third kappa shape index (κ3) is 2.76. The van der Waals surface area contributed by atoms with E-state index in [0.717, 1.165) is 12.1 Å². The Morgan fingerprint density at radius 1 is 1.40 bits per heavy atom. The molecule has 2 rings (SSSR count). The van der Waals surface area contributed by atoms with E-state index in [1.54, 1.807) is 0 Å². The van der Waals surface area contributed by atoms with Crippen LogP contribution in [-0.4, -0.2) is 22.1 Å². The number of hydrogen-bond acceptors (Lipinski definition) is 3. The molecule has 2 aromatic rings. The lowest BCUT2D eigenvalue weighted by molar-refractivity contribution is -0.137. The first kappa shape index (κ1) is 14.0. The molecule has 2 amide bonds. The second-order valence-electron chi connectivity index (χ2n) is 4.11. The number of rotatable bonds is 3. The normalized spacial score (nSPS) is 11.8. The molecule has 0 spiro atoms. The first-order chi connectivity index (χ1) is 9.29. The predicted molar refractivity (Wildman–Crippen MR) is 66.7 cm³/mol. The number of halogens is 3. The lowest BCUT2D eigenvalue weighted by atomic mass is 10.2. The molecule has 0 saturated heterocycles. The lowest BCUT2D eigenvalue weighted by Crippen LogP contribution is -2.32. The first-order valence-electron chi connectivity index (χ1n) is 5.65. The van der Waals surface area contributed by atoms with Crippen LogP contribution in [0.25, 0.3) is 11.0 Å². The van der Waals surface area contributed by atoms with Crippen LogP contribution in [0.5, 0.6) is 0 Å². The number of nitrogens with two attached hydrogens (primary N) is 2. The van der Waals surface area contributed by atoms with E-state index >= 15 is 0 Å². The van der Waals surface area contributed by atoms with Gasteiger partial charge in [-0.2, -0.15) is 13.2 Å². The second-order valence-corrected chi connectivity index (χ2v) is 4.11. The Kier molecular flexibility index (Phi) is 3.43. The zero-order valence-corrected chi connectivity index (χ0v) is 10.2. The zero-order valence-electron chi connectivity index (χ0n) is 10.2. The Labute approximate surface area is 111 Å². The molecular weight excluding hydrogens is 275 g/mol. The SMILES string of the molecule is NC(=O)NCCn1c(N)nc2cc(C(F)(F)F)ccc21. The summed E-state index contributed by atoms with van der Waals surface area (Å²) in [6.45, 7) is 0.461. The van der Waals surface area contributed by atoms with Gasteiger partial charge in [-0.1, -0.05) is 0 Å². The Morgan fingerprint density at radius 2 is 2.10 bits per heavy atom. The molecule has 0 aliphatic heterocycles. The van der Waals surface area contributed by atoms with Crippen molar-refractivity contribution in [2.24, 2.45) is 5.73 Å². The minimum Gasteiger partial charge on any atom is -0.369 e. The highest BCUT2D eigenvalue weighted by atomic mass is 19.4. The summed E-state index contributed by atoms with van der Waals surface area (Å²) < 4.78 is 39.3. The molecule has 9 heteroatoms. The summed E-state index contributed by atoms with van der Waals surface area (Å²) in [6.07, 6.45) is -4.43. The van der Waals surface area contributed by atoms with Crippen molar-refractivity contribution >= 4 is 23.0 Å². The number of benzene rings is 1. The number of nitrogen functional groups attached to an aromatic ring is 1. The number of anilines is 1. The molecule has 0 atom stereocenters. The smallest absolute Gasteiger partial charge is 0.369 e. The fraction of sp³-hybridized carbons (Fsp3) is 0.273. The number of imidazole rings is 1. The molecule has 108 valence electrons. The van der Waals surface area contributed by atoms with Gasteiger partial charge in [0, 0.05) is 13.1 Å². The Morgan fingerprint density at radius 3 is 2.70 bits per heavy atom. The van der Waals surface area contributed by atoms with E-state index in [4.69, 9.17) is 11.5 Å². The van der Waals surface area contributed by atoms with Crippen LogP contribution < -0.4 is 16.8 Å². The van der Waals surface area contributed by atoms with E-state index < -0.39 is 17.8 Å². The Hall–Kier alpha value is -2.45. The summed E-state index contributed by atoms with van der Waals surface area (Å²) in [4.78, 5) is 14.4. The molecule has 6 nitrogen and oxygen atoms in total. The van der Waals surface area contributed by atoms with Gasteiger partial charge in [-0.05, 0) is 18.2 Å². The molecule has 0 saturated carbocycles. The summed E-state index contributed by atoms with van der Waals surface area (Å²) in [7, 11) is 0. The van der Waals surface area contributed by atoms with E-state index in [0.29, 0.717) is 5.52 Å². The van der Waals surface area contributed by atoms with Gasteiger partial charge in [-0.3, -0.25) is 0 Å². The van der Waals surface area contributed by atoms with E-state index in [-0.39, 0.29) is 24.6 Å². The quantitative estimate of drug-likeness (QED) is 0.793. The maximum atomic E-state index is 12.6. The van der Waals surface area contributed by atoms with E-state index in [9.17, 15) is 18.0 Å². The fourth-order valence-corrected chi connectivity index (χ4v) is 1.85. The van der Waals surface area contributed by atoms with E-state index in [1.807, 2.05) is 0 Å². The summed E-state index contributed by atoms with van der Waals surface area (Å²) in [5, 5.41) is 2.37. The van der Waals surface area contributed by atoms with Crippen LogP contribution in [-0.2, 0) is 12.7 Å². The summed E-state index contributed by atoms with van der Waals surface area (Å²) in [5.41, 5.74) is 10.4. The number of amides is 2. The van der Waals surface area contributed by atoms with Gasteiger partial charge in [0.15, 0.2) is 0 Å². The molecule has 0 aliphatic carbocycles. The molecule has 0 unspecified atom stereocenters. The number of aromatic nitrogens is 2. The van der Waals surface area contributed by atoms with Crippen molar-refractivity contribution < 1.29 is 18.0 Å². The fourth-order valence-electron chi connectivity index (χ4n) is 1.85. The molecule has 1 aromatic heterocycles. The van der Waals surface area contributed by atoms with Crippen LogP contribution in [0.3, 0.4) is 0 Å². The standard InChI is InChI=1S/C11H12F3N5O/c12-11(13,14)6-1-2-8-7(5-6)18-9(15)19(8)4-3-17-10(16)20/h1-2,5H,3-4H2,(H2,15,18)(H3,16,17,20). The molecule has 1 aromatic carbocycles. The minimum absolute atomic E-state index is 0.0746. The van der Waals surface area contributed by atoms with Gasteiger partial charge in [0.1, 0.15) is 0 Å². The molecule has 0 bridgehead atoms. The summed E-state index contributed by atoms with van der Waals surface area (Å²) in [6, 6.07) is 2.50. The molecule has 0 radical (unpaired) electrons. The number of carbonyl (C=O) groups is 1. The highest BCUT2D eigenvalue weighted by Gasteiger charge is 2.31. The van der Waals surface area contributed by atoms with Crippen molar-refractivity contribution in [1.29, 1.82) is 0 Å². The van der Waals surface area contributed by atoms with Gasteiger partial charge >= 0.3 is 12.2 Å². The van der Waals surface area contributed by atoms with Crippen LogP contribution >= 0.6 is 0 Å². The molecule has 5 N–H and O–H groups in total. The maximum Gasteiger partial charge on any atom is 0.416 e. The van der Waals surface area contributed by atoms with Gasteiger partial charge in [-0.25, -0.2) is 9.78 Å². The van der Waals surface area contributed by atoms with Gasteiger partial charge in [0.25, 0.3) is 0 Å². The molecule has 20 heavy (non-hydrogen) atoms. The average molecular weight is 287 g/mol. The number of carbonyl (C=O) groups excluding carboxylic acids is 1. The second kappa shape index (κ2) is 4.91. The lowest BCUT2D eigenvalue weighted by Gasteiger charge is -2.08. The number of urea groups is 1. The van der Waals surface area contributed by atoms with Crippen LogP contribution in [0.2, 0.25) is 0 Å². The highest BCUT2D eigenvalue weighted by molar-refractivity contribution is 5.79. The van der Waals surface area contributed by atoms with E-state index in [1.165, 1.54) is 10.6 Å². The largest absolute Gasteiger partial charge is 0.416 e. The van der Waals surface area contributed by atoms with Crippen LogP contribution in [0, 0.1) is 0 Å². The van der Waals surface area contributed by atoms with Gasteiger partial charge in [0.2, 0.25) is 5.95 Å². The molecular formula is C11H12F3N5O. The monoisotopic (exact) mass is 287 g/mol. The molecule has 0 fully saturated rings. The number of fused-ring (bicyclic) bond motifs is 1. The Balaban J connectivity index is 2.32. The number of hydrogen-bond donors (Lipinski definition) is 3. The van der Waals surface area contributed by atoms with Crippen molar-refractivity contribution in [1.82, 2.24) is 14.9 Å². The average Bonchev–Trinajstić information content (AvgIpc) is 2.63. The highest BCUT2D eigenvalue weighted by Crippen LogP contribution is 2.31. The van der Waals surface area contributed by atoms with Crippen LogP contribution in [0.4, 0.5) is 23.9 Å². The number of alkyl halides is 3. The van der Waals surface area contributed by atoms with Crippen molar-refractivity contribution in [3.63, 3.8) is 0 Å². The predicted octanol–water partition coefficient (Wildman–Crippen LogP) is 1.31. The van der Waals surface area contributed by atoms with Crippen molar-refractivity contribution in [3.05, 3.63) is 23.8 Å². The molecule has 0 aliphatic rings. The maximum absolute atomic E-state index is 12.6. The zero-order chi connectivity index (χ0) is 14.9. The van der Waals surface area contributed by atoms with Crippen molar-refractivity contribution in [2.45, 2.75) is 12.7 Å². The summed E-state index contributed by atoms with van der Waals surface area (Å²) in [5.74, 6) is 0.0746. The topological polar surface area (TPSA) is 99.0 Å². The van der Waals surface area contributed by atoms with Gasteiger partial charge < -0.3 is 21.4 Å². The minimum atomic E-state index is -4.43. The van der Waals surface area contributed by atoms with Crippen LogP contribution in [0.15, 0.2) is 18.2 Å². The number of nitrogens with one attached hydrogen (secondary N) is 1. The molecule has 1 heterocycles. The third-order valence-corrected chi connectivity index (χ3v) is 2.74. The Bertz CT molecular complexity index is 649. The van der Waals surface area contributed by atoms with Gasteiger partial charge in [-0.15, -0.1) is 0 Å². The number of primary amides is 1. The van der Waals surface area contributed by atoms with Crippen molar-refractivity contribution in [3.8, 4) is 0 Å².